The van der Waals surface area contributed by atoms with E-state index in [2.05, 4.69) is 12.2 Å². The zero-order chi connectivity index (χ0) is 10.8. The Hall–Kier alpha value is -0.830. The van der Waals surface area contributed by atoms with Gasteiger partial charge in [-0.05, 0) is 39.3 Å². The van der Waals surface area contributed by atoms with Gasteiger partial charge in [0.2, 0.25) is 0 Å². The molecular formula is C11H21NO2. The highest BCUT2D eigenvalue weighted by molar-refractivity contribution is 5.85. The van der Waals surface area contributed by atoms with E-state index in [9.17, 15) is 4.79 Å². The van der Waals surface area contributed by atoms with Crippen LogP contribution in [0.15, 0.2) is 11.6 Å². The van der Waals surface area contributed by atoms with Gasteiger partial charge in [-0.2, -0.15) is 0 Å². The summed E-state index contributed by atoms with van der Waals surface area (Å²) in [6.45, 7) is 5.84. The fourth-order valence-electron chi connectivity index (χ4n) is 1.06. The van der Waals surface area contributed by atoms with Gasteiger partial charge in [-0.3, -0.25) is 0 Å². The van der Waals surface area contributed by atoms with E-state index >= 15 is 0 Å². The van der Waals surface area contributed by atoms with E-state index in [1.807, 2.05) is 0 Å². The highest BCUT2D eigenvalue weighted by Gasteiger charge is 1.97. The molecule has 0 bridgehead atoms. The molecule has 0 saturated heterocycles. The second-order valence-electron chi connectivity index (χ2n) is 3.44. The first-order valence-corrected chi connectivity index (χ1v) is 5.29. The predicted octanol–water partition coefficient (Wildman–Crippen LogP) is 2.19. The van der Waals surface area contributed by atoms with Crippen molar-refractivity contribution in [3.63, 3.8) is 0 Å². The zero-order valence-corrected chi connectivity index (χ0v) is 9.18. The van der Waals surface area contributed by atoms with E-state index in [1.165, 1.54) is 12.8 Å². The smallest absolute Gasteiger partial charge is 0.330 e. The Morgan fingerprint density at radius 2 is 2.00 bits per heavy atom. The summed E-state index contributed by atoms with van der Waals surface area (Å²) in [5.74, 6) is -0.816. The van der Waals surface area contributed by atoms with Gasteiger partial charge in [0.25, 0.3) is 0 Å². The molecule has 0 spiro atoms. The van der Waals surface area contributed by atoms with Gasteiger partial charge in [0.1, 0.15) is 0 Å². The number of nitrogens with one attached hydrogen (secondary N) is 1. The maximum atomic E-state index is 10.4. The number of hydrogen-bond donors (Lipinski definition) is 2. The molecular weight excluding hydrogens is 178 g/mol. The molecule has 0 heterocycles. The number of aliphatic carboxylic acids is 1. The molecule has 3 nitrogen and oxygen atoms in total. The van der Waals surface area contributed by atoms with Crippen molar-refractivity contribution < 1.29 is 9.90 Å². The minimum absolute atomic E-state index is 0.443. The molecule has 3 heteroatoms. The molecule has 0 aliphatic heterocycles. The van der Waals surface area contributed by atoms with Crippen molar-refractivity contribution in [3.8, 4) is 0 Å². The largest absolute Gasteiger partial charge is 0.478 e. The summed E-state index contributed by atoms with van der Waals surface area (Å²) >= 11 is 0. The first kappa shape index (κ1) is 13.2. The van der Waals surface area contributed by atoms with Crippen molar-refractivity contribution in [2.45, 2.75) is 39.5 Å². The van der Waals surface area contributed by atoms with Gasteiger partial charge >= 0.3 is 5.97 Å². The van der Waals surface area contributed by atoms with Crippen molar-refractivity contribution in [1.29, 1.82) is 0 Å². The molecule has 0 radical (unpaired) electrons. The summed E-state index contributed by atoms with van der Waals surface area (Å²) in [5, 5.41) is 11.9. The summed E-state index contributed by atoms with van der Waals surface area (Å²) in [6.07, 6.45) is 6.06. The summed E-state index contributed by atoms with van der Waals surface area (Å²) in [6, 6.07) is 0. The minimum Gasteiger partial charge on any atom is -0.478 e. The van der Waals surface area contributed by atoms with Crippen LogP contribution in [0.4, 0.5) is 0 Å². The lowest BCUT2D eigenvalue weighted by Crippen LogP contribution is -2.16. The number of carboxylic acids is 1. The van der Waals surface area contributed by atoms with Crippen LogP contribution >= 0.6 is 0 Å². The van der Waals surface area contributed by atoms with E-state index < -0.39 is 5.97 Å². The summed E-state index contributed by atoms with van der Waals surface area (Å²) in [5.41, 5.74) is 0.443. The van der Waals surface area contributed by atoms with Crippen LogP contribution in [0.2, 0.25) is 0 Å². The SMILES string of the molecule is CCCCNCCCC=C(C)C(=O)O. The van der Waals surface area contributed by atoms with Gasteiger partial charge in [0.15, 0.2) is 0 Å². The average molecular weight is 199 g/mol. The molecule has 0 unspecified atom stereocenters. The van der Waals surface area contributed by atoms with Gasteiger partial charge in [-0.15, -0.1) is 0 Å². The summed E-state index contributed by atoms with van der Waals surface area (Å²) < 4.78 is 0. The summed E-state index contributed by atoms with van der Waals surface area (Å²) in [4.78, 5) is 10.4. The van der Waals surface area contributed by atoms with E-state index in [0.29, 0.717) is 5.57 Å². The van der Waals surface area contributed by atoms with Crippen molar-refractivity contribution in [2.75, 3.05) is 13.1 Å². The van der Waals surface area contributed by atoms with Crippen LogP contribution in [0, 0.1) is 0 Å². The lowest BCUT2D eigenvalue weighted by atomic mass is 10.2. The maximum Gasteiger partial charge on any atom is 0.330 e. The second kappa shape index (κ2) is 8.75. The number of carbonyl (C=O) groups is 1. The van der Waals surface area contributed by atoms with Crippen LogP contribution in [0.1, 0.15) is 39.5 Å². The normalized spacial score (nSPS) is 11.7. The van der Waals surface area contributed by atoms with Gasteiger partial charge in [0.05, 0.1) is 0 Å². The molecule has 0 aromatic rings. The standard InChI is InChI=1S/C11H21NO2/c1-3-4-8-12-9-6-5-7-10(2)11(13)14/h7,12H,3-6,8-9H2,1-2H3,(H,13,14). The molecule has 2 N–H and O–H groups in total. The average Bonchev–Trinajstić information content (AvgIpc) is 2.16. The second-order valence-corrected chi connectivity index (χ2v) is 3.44. The molecule has 0 rings (SSSR count). The Balaban J connectivity index is 3.29. The lowest BCUT2D eigenvalue weighted by Gasteiger charge is -2.01. The third-order valence-corrected chi connectivity index (χ3v) is 2.05. The topological polar surface area (TPSA) is 49.3 Å². The van der Waals surface area contributed by atoms with Crippen LogP contribution in [-0.2, 0) is 4.79 Å². The van der Waals surface area contributed by atoms with E-state index in [-0.39, 0.29) is 0 Å². The molecule has 0 saturated carbocycles. The van der Waals surface area contributed by atoms with Crippen LogP contribution in [0.3, 0.4) is 0 Å². The van der Waals surface area contributed by atoms with E-state index in [0.717, 1.165) is 25.9 Å². The Morgan fingerprint density at radius 3 is 2.57 bits per heavy atom. The van der Waals surface area contributed by atoms with Crippen molar-refractivity contribution in [3.05, 3.63) is 11.6 Å². The highest BCUT2D eigenvalue weighted by atomic mass is 16.4. The van der Waals surface area contributed by atoms with Crippen LogP contribution in [0.5, 0.6) is 0 Å². The van der Waals surface area contributed by atoms with E-state index in [4.69, 9.17) is 5.11 Å². The molecule has 0 aliphatic rings. The van der Waals surface area contributed by atoms with Crippen molar-refractivity contribution in [1.82, 2.24) is 5.32 Å². The molecule has 0 aromatic carbocycles. The third kappa shape index (κ3) is 7.80. The van der Waals surface area contributed by atoms with Gasteiger partial charge in [-0.1, -0.05) is 19.4 Å². The highest BCUT2D eigenvalue weighted by Crippen LogP contribution is 1.97. The first-order valence-electron chi connectivity index (χ1n) is 5.29. The number of unbranched alkanes of at least 4 members (excludes halogenated alkanes) is 2. The van der Waals surface area contributed by atoms with Gasteiger partial charge in [0, 0.05) is 5.57 Å². The monoisotopic (exact) mass is 199 g/mol. The molecule has 0 amide bonds. The number of carboxylic acid groups (broad SMARTS) is 1. The Bertz CT molecular complexity index is 188. The molecule has 0 atom stereocenters. The van der Waals surface area contributed by atoms with Crippen LogP contribution in [-0.4, -0.2) is 24.2 Å². The maximum absolute atomic E-state index is 10.4. The predicted molar refractivity (Wildman–Crippen MR) is 58.4 cm³/mol. The third-order valence-electron chi connectivity index (χ3n) is 2.05. The fraction of sp³-hybridized carbons (Fsp3) is 0.727. The van der Waals surface area contributed by atoms with E-state index in [1.54, 1.807) is 13.0 Å². The van der Waals surface area contributed by atoms with Crippen molar-refractivity contribution >= 4 is 5.97 Å². The van der Waals surface area contributed by atoms with Gasteiger partial charge in [-0.25, -0.2) is 4.79 Å². The quantitative estimate of drug-likeness (QED) is 0.465. The molecule has 82 valence electrons. The first-order chi connectivity index (χ1) is 6.68. The molecule has 14 heavy (non-hydrogen) atoms. The summed E-state index contributed by atoms with van der Waals surface area (Å²) in [7, 11) is 0. The Labute approximate surface area is 86.2 Å². The number of hydrogen-bond acceptors (Lipinski definition) is 2. The van der Waals surface area contributed by atoms with Crippen LogP contribution < -0.4 is 5.32 Å². The molecule has 0 fully saturated rings. The van der Waals surface area contributed by atoms with Crippen molar-refractivity contribution in [2.24, 2.45) is 0 Å². The lowest BCUT2D eigenvalue weighted by molar-refractivity contribution is -0.132. The molecule has 0 aliphatic carbocycles. The van der Waals surface area contributed by atoms with Crippen LogP contribution in [0.25, 0.3) is 0 Å². The van der Waals surface area contributed by atoms with Gasteiger partial charge < -0.3 is 10.4 Å². The Kier molecular flexibility index (Phi) is 8.24. The fourth-order valence-corrected chi connectivity index (χ4v) is 1.06. The minimum atomic E-state index is -0.816. The Morgan fingerprint density at radius 1 is 1.36 bits per heavy atom. The number of rotatable bonds is 8. The number of allylic oxidation sites excluding steroid dienone is 1. The molecule has 0 aromatic heterocycles. The zero-order valence-electron chi connectivity index (χ0n) is 9.18.